The van der Waals surface area contributed by atoms with E-state index >= 15 is 0 Å². The summed E-state index contributed by atoms with van der Waals surface area (Å²) in [5.74, 6) is -0.127. The maximum Gasteiger partial charge on any atom is 0.316 e. The first-order valence-electron chi connectivity index (χ1n) is 8.23. The highest BCUT2D eigenvalue weighted by Gasteiger charge is 2.26. The Morgan fingerprint density at radius 2 is 2.00 bits per heavy atom. The van der Waals surface area contributed by atoms with Crippen molar-refractivity contribution in [3.63, 3.8) is 0 Å². The minimum atomic E-state index is -0.539. The van der Waals surface area contributed by atoms with Crippen molar-refractivity contribution >= 4 is 35.4 Å². The zero-order chi connectivity index (χ0) is 19.1. The smallest absolute Gasteiger partial charge is 0.316 e. The first-order valence-corrected chi connectivity index (χ1v) is 9.38. The molecule has 1 aliphatic rings. The minimum Gasteiger partial charge on any atom is -0.455 e. The molecule has 0 bridgehead atoms. The SMILES string of the molecule is Cc1cc(NC(=O)CSCC(=O)OCC(=O)N2C[C@@H](C)O[C@H](C)C2)no1. The molecule has 0 spiro atoms. The molecule has 1 aromatic heterocycles. The Kier molecular flexibility index (Phi) is 7.46. The molecule has 26 heavy (non-hydrogen) atoms. The molecule has 10 heteroatoms. The second kappa shape index (κ2) is 9.58. The topological polar surface area (TPSA) is 111 Å². The summed E-state index contributed by atoms with van der Waals surface area (Å²) in [6, 6.07) is 1.59. The van der Waals surface area contributed by atoms with Crippen LogP contribution in [-0.2, 0) is 23.9 Å². The number of nitrogens with zero attached hydrogens (tertiary/aromatic N) is 2. The van der Waals surface area contributed by atoms with Gasteiger partial charge < -0.3 is 24.2 Å². The normalized spacial score (nSPS) is 19.9. The van der Waals surface area contributed by atoms with Gasteiger partial charge in [0.25, 0.3) is 5.91 Å². The van der Waals surface area contributed by atoms with E-state index in [0.717, 1.165) is 11.8 Å². The quantitative estimate of drug-likeness (QED) is 0.687. The summed E-state index contributed by atoms with van der Waals surface area (Å²) in [6.45, 7) is 6.17. The van der Waals surface area contributed by atoms with Gasteiger partial charge >= 0.3 is 5.97 Å². The molecule has 2 atom stereocenters. The number of hydrogen-bond donors (Lipinski definition) is 1. The lowest BCUT2D eigenvalue weighted by atomic mass is 10.2. The van der Waals surface area contributed by atoms with Gasteiger partial charge in [0.1, 0.15) is 5.76 Å². The number of hydrogen-bond acceptors (Lipinski definition) is 8. The van der Waals surface area contributed by atoms with Crippen LogP contribution >= 0.6 is 11.8 Å². The van der Waals surface area contributed by atoms with E-state index in [2.05, 4.69) is 10.5 Å². The summed E-state index contributed by atoms with van der Waals surface area (Å²) in [5, 5.41) is 6.19. The van der Waals surface area contributed by atoms with Crippen molar-refractivity contribution in [1.29, 1.82) is 0 Å². The maximum absolute atomic E-state index is 12.1. The molecule has 0 unspecified atom stereocenters. The van der Waals surface area contributed by atoms with Crippen LogP contribution in [0.15, 0.2) is 10.6 Å². The highest BCUT2D eigenvalue weighted by atomic mass is 32.2. The summed E-state index contributed by atoms with van der Waals surface area (Å²) in [5.41, 5.74) is 0. The van der Waals surface area contributed by atoms with Crippen molar-refractivity contribution in [1.82, 2.24) is 10.1 Å². The van der Waals surface area contributed by atoms with Crippen LogP contribution in [0.5, 0.6) is 0 Å². The molecule has 9 nitrogen and oxygen atoms in total. The van der Waals surface area contributed by atoms with Crippen LogP contribution in [0.3, 0.4) is 0 Å². The first kappa shape index (κ1) is 20.2. The lowest BCUT2D eigenvalue weighted by Crippen LogP contribution is -2.49. The second-order valence-electron chi connectivity index (χ2n) is 6.08. The number of amides is 2. The third kappa shape index (κ3) is 6.68. The number of esters is 1. The fourth-order valence-corrected chi connectivity index (χ4v) is 3.10. The Morgan fingerprint density at radius 3 is 2.62 bits per heavy atom. The van der Waals surface area contributed by atoms with E-state index in [9.17, 15) is 14.4 Å². The minimum absolute atomic E-state index is 0.0194. The number of aromatic nitrogens is 1. The summed E-state index contributed by atoms with van der Waals surface area (Å²) >= 11 is 1.09. The van der Waals surface area contributed by atoms with Crippen molar-refractivity contribution in [3.8, 4) is 0 Å². The van der Waals surface area contributed by atoms with Crippen molar-refractivity contribution in [2.45, 2.75) is 33.0 Å². The number of carbonyl (C=O) groups is 3. The third-order valence-electron chi connectivity index (χ3n) is 3.48. The zero-order valence-corrected chi connectivity index (χ0v) is 15.8. The number of ether oxygens (including phenoxy) is 2. The molecule has 0 aromatic carbocycles. The van der Waals surface area contributed by atoms with Crippen molar-refractivity contribution in [2.24, 2.45) is 0 Å². The maximum atomic E-state index is 12.1. The Hall–Kier alpha value is -2.07. The average Bonchev–Trinajstić information content (AvgIpc) is 2.96. The Labute approximate surface area is 155 Å². The van der Waals surface area contributed by atoms with Crippen molar-refractivity contribution < 1.29 is 28.4 Å². The number of aryl methyl sites for hydroxylation is 1. The molecule has 1 saturated heterocycles. The molecule has 1 fully saturated rings. The van der Waals surface area contributed by atoms with Gasteiger partial charge in [-0.3, -0.25) is 14.4 Å². The predicted octanol–water partition coefficient (Wildman–Crippen LogP) is 0.834. The van der Waals surface area contributed by atoms with Crippen LogP contribution in [0.2, 0.25) is 0 Å². The van der Waals surface area contributed by atoms with Crippen molar-refractivity contribution in [2.75, 3.05) is 36.5 Å². The van der Waals surface area contributed by atoms with Gasteiger partial charge in [0.05, 0.1) is 23.7 Å². The van der Waals surface area contributed by atoms with Gasteiger partial charge in [-0.1, -0.05) is 5.16 Å². The van der Waals surface area contributed by atoms with Crippen LogP contribution in [-0.4, -0.2) is 71.3 Å². The largest absolute Gasteiger partial charge is 0.455 e. The molecule has 1 aromatic rings. The second-order valence-corrected chi connectivity index (χ2v) is 7.07. The van der Waals surface area contributed by atoms with E-state index in [1.807, 2.05) is 13.8 Å². The molecule has 0 saturated carbocycles. The Morgan fingerprint density at radius 1 is 1.31 bits per heavy atom. The zero-order valence-electron chi connectivity index (χ0n) is 15.0. The molecule has 144 valence electrons. The van der Waals surface area contributed by atoms with Crippen LogP contribution in [0.4, 0.5) is 5.82 Å². The first-order chi connectivity index (χ1) is 12.3. The molecular formula is C16H23N3O6S. The summed E-state index contributed by atoms with van der Waals surface area (Å²) in [4.78, 5) is 37.1. The average molecular weight is 385 g/mol. The van der Waals surface area contributed by atoms with E-state index in [1.165, 1.54) is 0 Å². The highest BCUT2D eigenvalue weighted by molar-refractivity contribution is 8.00. The molecule has 1 aliphatic heterocycles. The van der Waals surface area contributed by atoms with E-state index in [4.69, 9.17) is 14.0 Å². The lowest BCUT2D eigenvalue weighted by molar-refractivity contribution is -0.155. The van der Waals surface area contributed by atoms with Crippen molar-refractivity contribution in [3.05, 3.63) is 11.8 Å². The molecule has 2 amide bonds. The number of nitrogens with one attached hydrogen (secondary N) is 1. The van der Waals surface area contributed by atoms with E-state index < -0.39 is 5.97 Å². The van der Waals surface area contributed by atoms with Gasteiger partial charge in [0, 0.05) is 19.2 Å². The van der Waals surface area contributed by atoms with E-state index in [0.29, 0.717) is 24.7 Å². The fourth-order valence-electron chi connectivity index (χ4n) is 2.49. The molecule has 1 N–H and O–H groups in total. The highest BCUT2D eigenvalue weighted by Crippen LogP contribution is 2.11. The van der Waals surface area contributed by atoms with Crippen LogP contribution in [0.25, 0.3) is 0 Å². The van der Waals surface area contributed by atoms with Gasteiger partial charge in [-0.2, -0.15) is 0 Å². The number of rotatable bonds is 7. The van der Waals surface area contributed by atoms with E-state index in [1.54, 1.807) is 17.9 Å². The summed E-state index contributed by atoms with van der Waals surface area (Å²) < 4.78 is 15.4. The van der Waals surface area contributed by atoms with Gasteiger partial charge in [0.2, 0.25) is 5.91 Å². The standard InChI is InChI=1S/C16H23N3O6S/c1-10-4-13(18-25-10)17-14(20)8-26-9-16(22)23-7-15(21)19-5-11(2)24-12(3)6-19/h4,11-12H,5-9H2,1-3H3,(H,17,18,20)/t11-,12-/m1/s1. The van der Waals surface area contributed by atoms with Gasteiger partial charge in [0.15, 0.2) is 12.4 Å². The Bertz CT molecular complexity index is 640. The molecular weight excluding hydrogens is 362 g/mol. The lowest BCUT2D eigenvalue weighted by Gasteiger charge is -2.35. The van der Waals surface area contributed by atoms with E-state index in [-0.39, 0.29) is 42.1 Å². The molecule has 0 aliphatic carbocycles. The number of morpholine rings is 1. The molecule has 0 radical (unpaired) electrons. The van der Waals surface area contributed by atoms with Gasteiger partial charge in [-0.05, 0) is 20.8 Å². The summed E-state index contributed by atoms with van der Waals surface area (Å²) in [7, 11) is 0. The Balaban J connectivity index is 1.61. The van der Waals surface area contributed by atoms with Crippen LogP contribution in [0, 0.1) is 6.92 Å². The van der Waals surface area contributed by atoms with Gasteiger partial charge in [-0.15, -0.1) is 11.8 Å². The predicted molar refractivity (Wildman–Crippen MR) is 94.7 cm³/mol. The fraction of sp³-hybridized carbons (Fsp3) is 0.625. The molecule has 2 heterocycles. The number of thioether (sulfide) groups is 1. The third-order valence-corrected chi connectivity index (χ3v) is 4.38. The number of carbonyl (C=O) groups excluding carboxylic acids is 3. The number of anilines is 1. The summed E-state index contributed by atoms with van der Waals surface area (Å²) in [6.07, 6.45) is -0.0815. The molecule has 2 rings (SSSR count). The van der Waals surface area contributed by atoms with Crippen LogP contribution in [0.1, 0.15) is 19.6 Å². The van der Waals surface area contributed by atoms with Gasteiger partial charge in [-0.25, -0.2) is 0 Å². The van der Waals surface area contributed by atoms with Crippen LogP contribution < -0.4 is 5.32 Å². The monoisotopic (exact) mass is 385 g/mol.